The van der Waals surface area contributed by atoms with Gasteiger partial charge in [-0.15, -0.1) is 0 Å². The molecule has 9 heteroatoms. The van der Waals surface area contributed by atoms with Gasteiger partial charge in [0.2, 0.25) is 5.88 Å². The number of hydrogen-bond acceptors (Lipinski definition) is 5. The number of anilines is 1. The summed E-state index contributed by atoms with van der Waals surface area (Å²) in [7, 11) is 0. The monoisotopic (exact) mass is 524 g/mol. The number of aromatic nitrogens is 2. The minimum Gasteiger partial charge on any atom is -0.494 e. The fourth-order valence-corrected chi connectivity index (χ4v) is 4.54. The summed E-state index contributed by atoms with van der Waals surface area (Å²) in [5, 5.41) is 3.30. The van der Waals surface area contributed by atoms with Crippen molar-refractivity contribution in [2.75, 3.05) is 18.1 Å². The normalized spacial score (nSPS) is 12.5. The lowest BCUT2D eigenvalue weighted by molar-refractivity contribution is 0.0984. The summed E-state index contributed by atoms with van der Waals surface area (Å²) < 4.78 is 13.4. The molecule has 0 fully saturated rings. The second kappa shape index (κ2) is 12.6. The van der Waals surface area contributed by atoms with E-state index in [1.165, 1.54) is 0 Å². The SMILES string of the molecule is CCCCN(C(=O)c1cccc(Cl)c1)c1nc2n(c1OC(=O)NCc1ccccc1OCC)CCCC2. The number of carbonyl (C=O) groups excluding carboxylic acids is 2. The van der Waals surface area contributed by atoms with E-state index in [9.17, 15) is 9.59 Å². The average Bonchev–Trinajstić information content (AvgIpc) is 3.26. The Morgan fingerprint density at radius 3 is 2.76 bits per heavy atom. The highest BCUT2D eigenvalue weighted by atomic mass is 35.5. The van der Waals surface area contributed by atoms with E-state index in [1.807, 2.05) is 35.8 Å². The molecule has 4 rings (SSSR count). The number of imidazole rings is 1. The highest BCUT2D eigenvalue weighted by Crippen LogP contribution is 2.34. The summed E-state index contributed by atoms with van der Waals surface area (Å²) in [5.41, 5.74) is 1.30. The minimum absolute atomic E-state index is 0.234. The van der Waals surface area contributed by atoms with E-state index in [0.717, 1.165) is 43.5 Å². The van der Waals surface area contributed by atoms with Crippen molar-refractivity contribution >= 4 is 29.4 Å². The number of unbranched alkanes of at least 4 members (excludes halogenated alkanes) is 1. The minimum atomic E-state index is -0.619. The van der Waals surface area contributed by atoms with Crippen LogP contribution in [0, 0.1) is 0 Å². The van der Waals surface area contributed by atoms with E-state index in [2.05, 4.69) is 12.2 Å². The molecule has 1 aromatic heterocycles. The quantitative estimate of drug-likeness (QED) is 0.351. The number of para-hydroxylation sites is 1. The lowest BCUT2D eigenvalue weighted by Gasteiger charge is -2.22. The molecular weight excluding hydrogens is 492 g/mol. The molecule has 0 atom stereocenters. The van der Waals surface area contributed by atoms with E-state index < -0.39 is 6.09 Å². The molecule has 0 spiro atoms. The molecular formula is C28H33ClN4O4. The molecule has 0 radical (unpaired) electrons. The Morgan fingerprint density at radius 2 is 1.97 bits per heavy atom. The molecule has 1 aliphatic heterocycles. The van der Waals surface area contributed by atoms with Crippen LogP contribution in [0.15, 0.2) is 48.5 Å². The van der Waals surface area contributed by atoms with Crippen molar-refractivity contribution in [1.82, 2.24) is 14.9 Å². The first-order valence-corrected chi connectivity index (χ1v) is 13.2. The second-order valence-electron chi connectivity index (χ2n) is 8.87. The lowest BCUT2D eigenvalue weighted by Crippen LogP contribution is -2.34. The number of carbonyl (C=O) groups is 2. The number of amides is 2. The largest absolute Gasteiger partial charge is 0.494 e. The Labute approximate surface area is 222 Å². The molecule has 0 saturated heterocycles. The number of nitrogens with zero attached hydrogens (tertiary/aromatic N) is 3. The number of aryl methyl sites for hydroxylation is 1. The molecule has 0 saturated carbocycles. The molecule has 8 nitrogen and oxygen atoms in total. The maximum absolute atomic E-state index is 13.6. The number of hydrogen-bond donors (Lipinski definition) is 1. The van der Waals surface area contributed by atoms with Crippen LogP contribution in [-0.2, 0) is 19.5 Å². The smallest absolute Gasteiger partial charge is 0.414 e. The maximum Gasteiger partial charge on any atom is 0.414 e. The third-order valence-corrected chi connectivity index (χ3v) is 6.44. The van der Waals surface area contributed by atoms with Crippen LogP contribution < -0.4 is 19.7 Å². The predicted molar refractivity (Wildman–Crippen MR) is 144 cm³/mol. The van der Waals surface area contributed by atoms with Crippen molar-refractivity contribution in [3.8, 4) is 11.6 Å². The highest BCUT2D eigenvalue weighted by Gasteiger charge is 2.30. The van der Waals surface area contributed by atoms with E-state index in [4.69, 9.17) is 26.1 Å². The molecule has 1 N–H and O–H groups in total. The van der Waals surface area contributed by atoms with Gasteiger partial charge < -0.3 is 14.8 Å². The van der Waals surface area contributed by atoms with Crippen LogP contribution in [0.2, 0.25) is 5.02 Å². The zero-order valence-corrected chi connectivity index (χ0v) is 22.1. The standard InChI is InChI=1S/C28H33ClN4O4/c1-3-5-16-33(26(34)20-12-10-13-22(29)18-20)25-27(32-17-9-8-15-24(32)31-25)37-28(35)30-19-21-11-6-7-14-23(21)36-4-2/h6-7,10-14,18H,3-5,8-9,15-17,19H2,1-2H3,(H,30,35). The molecule has 196 valence electrons. The Kier molecular flexibility index (Phi) is 9.06. The lowest BCUT2D eigenvalue weighted by atomic mass is 10.2. The molecule has 1 aliphatic rings. The van der Waals surface area contributed by atoms with Crippen molar-refractivity contribution < 1.29 is 19.1 Å². The number of benzene rings is 2. The third-order valence-electron chi connectivity index (χ3n) is 6.21. The highest BCUT2D eigenvalue weighted by molar-refractivity contribution is 6.31. The number of halogens is 1. The van der Waals surface area contributed by atoms with E-state index >= 15 is 0 Å². The molecule has 37 heavy (non-hydrogen) atoms. The zero-order chi connectivity index (χ0) is 26.2. The average molecular weight is 525 g/mol. The molecule has 3 aromatic rings. The maximum atomic E-state index is 13.6. The Balaban J connectivity index is 1.61. The number of rotatable bonds is 10. The second-order valence-corrected chi connectivity index (χ2v) is 9.31. The van der Waals surface area contributed by atoms with Crippen LogP contribution in [-0.4, -0.2) is 34.7 Å². The van der Waals surface area contributed by atoms with Gasteiger partial charge in [-0.05, 0) is 50.5 Å². The van der Waals surface area contributed by atoms with Gasteiger partial charge in [-0.25, -0.2) is 9.78 Å². The summed E-state index contributed by atoms with van der Waals surface area (Å²) in [4.78, 5) is 33.0. The van der Waals surface area contributed by atoms with E-state index in [0.29, 0.717) is 41.8 Å². The summed E-state index contributed by atoms with van der Waals surface area (Å²) in [6, 6.07) is 14.4. The summed E-state index contributed by atoms with van der Waals surface area (Å²) in [6.45, 7) is 5.86. The van der Waals surface area contributed by atoms with Crippen molar-refractivity contribution in [1.29, 1.82) is 0 Å². The van der Waals surface area contributed by atoms with Gasteiger partial charge in [0.25, 0.3) is 5.91 Å². The van der Waals surface area contributed by atoms with Crippen molar-refractivity contribution in [3.63, 3.8) is 0 Å². The number of nitrogens with one attached hydrogen (secondary N) is 1. The van der Waals surface area contributed by atoms with Gasteiger partial charge in [0.15, 0.2) is 5.82 Å². The van der Waals surface area contributed by atoms with Gasteiger partial charge in [-0.2, -0.15) is 0 Å². The van der Waals surface area contributed by atoms with Gasteiger partial charge in [0.1, 0.15) is 11.6 Å². The van der Waals surface area contributed by atoms with E-state index in [1.54, 1.807) is 29.2 Å². The zero-order valence-electron chi connectivity index (χ0n) is 21.3. The van der Waals surface area contributed by atoms with Crippen LogP contribution in [0.25, 0.3) is 0 Å². The molecule has 0 aliphatic carbocycles. The first-order chi connectivity index (χ1) is 18.0. The fourth-order valence-electron chi connectivity index (χ4n) is 4.35. The van der Waals surface area contributed by atoms with Crippen LogP contribution in [0.1, 0.15) is 61.3 Å². The van der Waals surface area contributed by atoms with Gasteiger partial charge in [-0.1, -0.05) is 49.2 Å². The van der Waals surface area contributed by atoms with Gasteiger partial charge in [0, 0.05) is 42.2 Å². The molecule has 2 heterocycles. The van der Waals surface area contributed by atoms with Crippen molar-refractivity contribution in [3.05, 3.63) is 70.5 Å². The first-order valence-electron chi connectivity index (χ1n) is 12.8. The van der Waals surface area contributed by atoms with Crippen LogP contribution in [0.3, 0.4) is 0 Å². The molecule has 2 aromatic carbocycles. The fraction of sp³-hybridized carbons (Fsp3) is 0.393. The Morgan fingerprint density at radius 1 is 1.14 bits per heavy atom. The third kappa shape index (κ3) is 6.43. The van der Waals surface area contributed by atoms with Crippen LogP contribution in [0.4, 0.5) is 10.6 Å². The number of fused-ring (bicyclic) bond motifs is 1. The van der Waals surface area contributed by atoms with Crippen LogP contribution >= 0.6 is 11.6 Å². The van der Waals surface area contributed by atoms with Crippen LogP contribution in [0.5, 0.6) is 11.6 Å². The Hall–Kier alpha value is -3.52. The first kappa shape index (κ1) is 26.5. The van der Waals surface area contributed by atoms with Gasteiger partial charge >= 0.3 is 6.09 Å². The van der Waals surface area contributed by atoms with Gasteiger partial charge in [-0.3, -0.25) is 14.3 Å². The number of ether oxygens (including phenoxy) is 2. The molecule has 0 unspecified atom stereocenters. The molecule has 2 amide bonds. The van der Waals surface area contributed by atoms with Crippen molar-refractivity contribution in [2.24, 2.45) is 0 Å². The molecule has 0 bridgehead atoms. The Bertz CT molecular complexity index is 1240. The topological polar surface area (TPSA) is 85.7 Å². The van der Waals surface area contributed by atoms with E-state index in [-0.39, 0.29) is 18.3 Å². The predicted octanol–water partition coefficient (Wildman–Crippen LogP) is 6.01. The van der Waals surface area contributed by atoms with Crippen molar-refractivity contribution in [2.45, 2.75) is 59.0 Å². The summed E-state index contributed by atoms with van der Waals surface area (Å²) in [5.74, 6) is 1.94. The van der Waals surface area contributed by atoms with Gasteiger partial charge in [0.05, 0.1) is 6.61 Å². The summed E-state index contributed by atoms with van der Waals surface area (Å²) in [6.07, 6.45) is 3.74. The summed E-state index contributed by atoms with van der Waals surface area (Å²) >= 11 is 6.17.